The highest BCUT2D eigenvalue weighted by Crippen LogP contribution is 1.95. The Hall–Kier alpha value is -2.90. The molecule has 0 fully saturated rings. The topological polar surface area (TPSA) is 0 Å². The van der Waals surface area contributed by atoms with Gasteiger partial charge in [0.05, 0.1) is 0 Å². The van der Waals surface area contributed by atoms with Gasteiger partial charge in [-0.2, -0.15) is 0 Å². The molecule has 0 aliphatic rings. The highest BCUT2D eigenvalue weighted by molar-refractivity contribution is 6.95. The first-order chi connectivity index (χ1) is 12.4. The Kier molecular flexibility index (Phi) is 6.37. The molecule has 0 aliphatic heterocycles. The quantitative estimate of drug-likeness (QED) is 0.393. The van der Waals surface area contributed by atoms with Crippen LogP contribution in [0, 0.1) is 0 Å². The summed E-state index contributed by atoms with van der Waals surface area (Å²) in [6.07, 6.45) is 0. The van der Waals surface area contributed by atoms with Crippen LogP contribution in [0.5, 0.6) is 0 Å². The van der Waals surface area contributed by atoms with E-state index >= 15 is 0 Å². The molecule has 1 heteroatoms. The van der Waals surface area contributed by atoms with Crippen molar-refractivity contribution in [3.63, 3.8) is 0 Å². The Bertz CT molecular complexity index is 707. The molecular formula is C24H21Si. The van der Waals surface area contributed by atoms with Crippen LogP contribution < -0.4 is 15.6 Å². The van der Waals surface area contributed by atoms with E-state index in [1.807, 2.05) is 36.4 Å². The lowest BCUT2D eigenvalue weighted by atomic mass is 10.3. The van der Waals surface area contributed by atoms with E-state index in [0.29, 0.717) is 0 Å². The van der Waals surface area contributed by atoms with Crippen LogP contribution in [0.4, 0.5) is 0 Å². The van der Waals surface area contributed by atoms with Gasteiger partial charge in [-0.15, -0.1) is 0 Å². The molecule has 4 aromatic rings. The predicted molar refractivity (Wildman–Crippen MR) is 110 cm³/mol. The summed E-state index contributed by atoms with van der Waals surface area (Å²) in [7, 11) is -0.877. The van der Waals surface area contributed by atoms with Gasteiger partial charge in [-0.25, -0.2) is 0 Å². The monoisotopic (exact) mass is 337 g/mol. The zero-order valence-electron chi connectivity index (χ0n) is 14.1. The second-order valence-electron chi connectivity index (χ2n) is 5.63. The SMILES string of the molecule is c1ccc([Si](c2ccccc2)c2ccccc2)cc1.c1ccccc1. The van der Waals surface area contributed by atoms with Gasteiger partial charge in [0.1, 0.15) is 0 Å². The third kappa shape index (κ3) is 5.03. The Labute approximate surface area is 152 Å². The van der Waals surface area contributed by atoms with Gasteiger partial charge < -0.3 is 0 Å². The summed E-state index contributed by atoms with van der Waals surface area (Å²) in [6.45, 7) is 0. The summed E-state index contributed by atoms with van der Waals surface area (Å²) in [5.41, 5.74) is 0. The lowest BCUT2D eigenvalue weighted by Gasteiger charge is -2.16. The summed E-state index contributed by atoms with van der Waals surface area (Å²) in [5, 5.41) is 4.31. The van der Waals surface area contributed by atoms with Crippen molar-refractivity contribution < 1.29 is 0 Å². The zero-order chi connectivity index (χ0) is 17.2. The van der Waals surface area contributed by atoms with Gasteiger partial charge in [-0.3, -0.25) is 0 Å². The Morgan fingerprint density at radius 3 is 0.720 bits per heavy atom. The van der Waals surface area contributed by atoms with Crippen molar-refractivity contribution in [2.75, 3.05) is 0 Å². The minimum Gasteiger partial charge on any atom is -0.0624 e. The lowest BCUT2D eigenvalue weighted by Crippen LogP contribution is -2.51. The Morgan fingerprint density at radius 2 is 0.480 bits per heavy atom. The average molecular weight is 338 g/mol. The predicted octanol–water partition coefficient (Wildman–Crippen LogP) is 3.89. The number of hydrogen-bond acceptors (Lipinski definition) is 0. The van der Waals surface area contributed by atoms with Crippen LogP contribution in [0.2, 0.25) is 0 Å². The fraction of sp³-hybridized carbons (Fsp3) is 0. The molecule has 0 aliphatic carbocycles. The number of benzene rings is 4. The average Bonchev–Trinajstić information content (AvgIpc) is 2.72. The smallest absolute Gasteiger partial charge is 0.0624 e. The van der Waals surface area contributed by atoms with Crippen molar-refractivity contribution in [3.8, 4) is 0 Å². The Balaban J connectivity index is 0.000000258. The third-order valence-corrected chi connectivity index (χ3v) is 6.59. The molecule has 0 heterocycles. The molecule has 121 valence electrons. The molecule has 4 aromatic carbocycles. The molecule has 0 saturated heterocycles. The molecule has 1 radical (unpaired) electrons. The van der Waals surface area contributed by atoms with Crippen LogP contribution in [-0.4, -0.2) is 8.80 Å². The van der Waals surface area contributed by atoms with Gasteiger partial charge >= 0.3 is 0 Å². The second-order valence-corrected chi connectivity index (χ2v) is 8.11. The van der Waals surface area contributed by atoms with Crippen LogP contribution in [0.1, 0.15) is 0 Å². The van der Waals surface area contributed by atoms with Crippen molar-refractivity contribution in [1.29, 1.82) is 0 Å². The van der Waals surface area contributed by atoms with E-state index in [-0.39, 0.29) is 0 Å². The first-order valence-corrected chi connectivity index (χ1v) is 9.98. The summed E-state index contributed by atoms with van der Waals surface area (Å²) in [5.74, 6) is 0. The lowest BCUT2D eigenvalue weighted by molar-refractivity contribution is 1.71. The number of hydrogen-bond donors (Lipinski definition) is 0. The first-order valence-electron chi connectivity index (χ1n) is 8.48. The summed E-state index contributed by atoms with van der Waals surface area (Å²) in [6, 6.07) is 44.5. The fourth-order valence-corrected chi connectivity index (χ4v) is 5.28. The van der Waals surface area contributed by atoms with E-state index in [9.17, 15) is 0 Å². The molecule has 0 aromatic heterocycles. The fourth-order valence-electron chi connectivity index (χ4n) is 2.70. The van der Waals surface area contributed by atoms with Gasteiger partial charge in [0.25, 0.3) is 0 Å². The molecule has 0 N–H and O–H groups in total. The summed E-state index contributed by atoms with van der Waals surface area (Å²) < 4.78 is 0. The second kappa shape index (κ2) is 9.41. The van der Waals surface area contributed by atoms with E-state index in [4.69, 9.17) is 0 Å². The largest absolute Gasteiger partial charge is 0.154 e. The maximum atomic E-state index is 2.24. The standard InChI is InChI=1S/C18H15Si.C6H6/c1-4-10-16(11-5-1)19(17-12-6-2-7-13-17)18-14-8-3-9-15-18;1-2-4-6-5-3-1/h1-15H;1-6H. The molecular weight excluding hydrogens is 316 g/mol. The maximum Gasteiger partial charge on any atom is 0.154 e. The molecule has 25 heavy (non-hydrogen) atoms. The number of rotatable bonds is 3. The normalized spacial score (nSPS) is 9.96. The van der Waals surface area contributed by atoms with Crippen molar-refractivity contribution >= 4 is 24.4 Å². The molecule has 0 nitrogen and oxygen atoms in total. The van der Waals surface area contributed by atoms with Gasteiger partial charge in [-0.05, 0) is 0 Å². The van der Waals surface area contributed by atoms with Crippen molar-refractivity contribution in [2.45, 2.75) is 0 Å². The minimum atomic E-state index is -0.877. The highest BCUT2D eigenvalue weighted by Gasteiger charge is 2.18. The van der Waals surface area contributed by atoms with E-state index in [0.717, 1.165) is 0 Å². The van der Waals surface area contributed by atoms with E-state index in [2.05, 4.69) is 91.0 Å². The highest BCUT2D eigenvalue weighted by atomic mass is 28.3. The van der Waals surface area contributed by atoms with Crippen LogP contribution in [0.3, 0.4) is 0 Å². The zero-order valence-corrected chi connectivity index (χ0v) is 15.1. The van der Waals surface area contributed by atoms with Crippen molar-refractivity contribution in [2.24, 2.45) is 0 Å². The van der Waals surface area contributed by atoms with Gasteiger partial charge in [0.2, 0.25) is 0 Å². The van der Waals surface area contributed by atoms with Gasteiger partial charge in [-0.1, -0.05) is 143 Å². The van der Waals surface area contributed by atoms with E-state index < -0.39 is 8.80 Å². The third-order valence-electron chi connectivity index (χ3n) is 3.85. The van der Waals surface area contributed by atoms with Gasteiger partial charge in [0, 0.05) is 0 Å². The minimum absolute atomic E-state index is 0.877. The summed E-state index contributed by atoms with van der Waals surface area (Å²) >= 11 is 0. The van der Waals surface area contributed by atoms with Crippen LogP contribution in [0.25, 0.3) is 0 Å². The van der Waals surface area contributed by atoms with Crippen molar-refractivity contribution in [1.82, 2.24) is 0 Å². The molecule has 0 amide bonds. The maximum absolute atomic E-state index is 2.24. The molecule has 0 bridgehead atoms. The Morgan fingerprint density at radius 1 is 0.280 bits per heavy atom. The van der Waals surface area contributed by atoms with Crippen molar-refractivity contribution in [3.05, 3.63) is 127 Å². The summed E-state index contributed by atoms with van der Waals surface area (Å²) in [4.78, 5) is 0. The molecule has 0 unspecified atom stereocenters. The molecule has 0 saturated carbocycles. The van der Waals surface area contributed by atoms with Crippen LogP contribution in [-0.2, 0) is 0 Å². The van der Waals surface area contributed by atoms with E-state index in [1.54, 1.807) is 0 Å². The molecule has 0 spiro atoms. The first kappa shape index (κ1) is 16.9. The van der Waals surface area contributed by atoms with Gasteiger partial charge in [0.15, 0.2) is 8.80 Å². The van der Waals surface area contributed by atoms with E-state index in [1.165, 1.54) is 15.6 Å². The molecule has 0 atom stereocenters. The van der Waals surface area contributed by atoms with Crippen LogP contribution >= 0.6 is 0 Å². The molecule has 4 rings (SSSR count). The van der Waals surface area contributed by atoms with Crippen LogP contribution in [0.15, 0.2) is 127 Å².